The molecular weight excluding hydrogens is 252 g/mol. The maximum atomic E-state index is 11.0. The van der Waals surface area contributed by atoms with Gasteiger partial charge >= 0.3 is 11.7 Å². The standard InChI is InChI=1S/C11H10N4O4/c1-2-9-12-3-4-14(9)10-8(15(18)19)5-7(6-13-10)11(16)17/h3-6H,2H2,1H3,(H,16,17). The Morgan fingerprint density at radius 3 is 2.84 bits per heavy atom. The Hall–Kier alpha value is -2.77. The molecule has 0 fully saturated rings. The maximum Gasteiger partial charge on any atom is 0.337 e. The lowest BCUT2D eigenvalue weighted by molar-refractivity contribution is -0.384. The van der Waals surface area contributed by atoms with Crippen molar-refractivity contribution in [1.82, 2.24) is 14.5 Å². The Kier molecular flexibility index (Phi) is 3.23. The van der Waals surface area contributed by atoms with Crippen molar-refractivity contribution in [3.05, 3.63) is 46.2 Å². The molecule has 0 aromatic carbocycles. The minimum absolute atomic E-state index is 0.0596. The third-order valence-electron chi connectivity index (χ3n) is 2.55. The number of nitro groups is 1. The Bertz CT molecular complexity index is 650. The van der Waals surface area contributed by atoms with E-state index >= 15 is 0 Å². The zero-order valence-electron chi connectivity index (χ0n) is 9.98. The van der Waals surface area contributed by atoms with E-state index in [0.717, 1.165) is 12.3 Å². The fourth-order valence-corrected chi connectivity index (χ4v) is 1.67. The van der Waals surface area contributed by atoms with Crippen LogP contribution in [-0.2, 0) is 6.42 Å². The Morgan fingerprint density at radius 2 is 2.26 bits per heavy atom. The summed E-state index contributed by atoms with van der Waals surface area (Å²) in [6.07, 6.45) is 4.72. The van der Waals surface area contributed by atoms with Gasteiger partial charge in [-0.25, -0.2) is 14.8 Å². The van der Waals surface area contributed by atoms with Gasteiger partial charge in [-0.2, -0.15) is 0 Å². The molecule has 0 bridgehead atoms. The predicted octanol–water partition coefficient (Wildman–Crippen LogP) is 1.44. The van der Waals surface area contributed by atoms with E-state index in [2.05, 4.69) is 9.97 Å². The molecular formula is C11H10N4O4. The third-order valence-corrected chi connectivity index (χ3v) is 2.55. The molecule has 0 amide bonds. The highest BCUT2D eigenvalue weighted by molar-refractivity contribution is 5.88. The van der Waals surface area contributed by atoms with Crippen molar-refractivity contribution in [2.75, 3.05) is 0 Å². The fraction of sp³-hybridized carbons (Fsp3) is 0.182. The number of nitrogens with zero attached hydrogens (tertiary/aromatic N) is 4. The number of carboxylic acids is 1. The Morgan fingerprint density at radius 1 is 1.53 bits per heavy atom. The van der Waals surface area contributed by atoms with Gasteiger partial charge in [-0.1, -0.05) is 6.92 Å². The van der Waals surface area contributed by atoms with E-state index in [1.54, 1.807) is 6.20 Å². The van der Waals surface area contributed by atoms with Crippen LogP contribution >= 0.6 is 0 Å². The second-order valence-electron chi connectivity index (χ2n) is 3.70. The van der Waals surface area contributed by atoms with Crippen LogP contribution < -0.4 is 0 Å². The highest BCUT2D eigenvalue weighted by Crippen LogP contribution is 2.23. The van der Waals surface area contributed by atoms with E-state index in [0.29, 0.717) is 12.2 Å². The number of hydrogen-bond acceptors (Lipinski definition) is 5. The van der Waals surface area contributed by atoms with Gasteiger partial charge in [-0.3, -0.25) is 14.7 Å². The highest BCUT2D eigenvalue weighted by atomic mass is 16.6. The van der Waals surface area contributed by atoms with Crippen LogP contribution in [0.1, 0.15) is 23.1 Å². The van der Waals surface area contributed by atoms with Gasteiger partial charge in [-0.05, 0) is 0 Å². The molecule has 2 aromatic rings. The first-order valence-corrected chi connectivity index (χ1v) is 5.45. The topological polar surface area (TPSA) is 111 Å². The summed E-state index contributed by atoms with van der Waals surface area (Å²) < 4.78 is 1.48. The van der Waals surface area contributed by atoms with Gasteiger partial charge in [0.15, 0.2) is 0 Å². The molecule has 2 heterocycles. The molecule has 98 valence electrons. The third kappa shape index (κ3) is 2.28. The number of hydrogen-bond donors (Lipinski definition) is 1. The zero-order valence-corrected chi connectivity index (χ0v) is 9.98. The lowest BCUT2D eigenvalue weighted by Crippen LogP contribution is -2.08. The summed E-state index contributed by atoms with van der Waals surface area (Å²) >= 11 is 0. The van der Waals surface area contributed by atoms with Crippen LogP contribution in [0.4, 0.5) is 5.69 Å². The van der Waals surface area contributed by atoms with Gasteiger partial charge in [0, 0.05) is 31.1 Å². The summed E-state index contributed by atoms with van der Waals surface area (Å²) in [5, 5.41) is 19.9. The number of carbonyl (C=O) groups is 1. The van der Waals surface area contributed by atoms with Crippen LogP contribution in [0.2, 0.25) is 0 Å². The average Bonchev–Trinajstić information content (AvgIpc) is 2.85. The van der Waals surface area contributed by atoms with Gasteiger partial charge in [0.1, 0.15) is 5.82 Å². The van der Waals surface area contributed by atoms with Crippen molar-refractivity contribution in [1.29, 1.82) is 0 Å². The van der Waals surface area contributed by atoms with Crippen molar-refractivity contribution in [2.24, 2.45) is 0 Å². The molecule has 0 aliphatic carbocycles. The summed E-state index contributed by atoms with van der Waals surface area (Å²) in [7, 11) is 0. The molecule has 0 atom stereocenters. The fourth-order valence-electron chi connectivity index (χ4n) is 1.67. The Labute approximate surface area is 107 Å². The monoisotopic (exact) mass is 262 g/mol. The summed E-state index contributed by atoms with van der Waals surface area (Å²) in [5.41, 5.74) is -0.596. The number of imidazole rings is 1. The second-order valence-corrected chi connectivity index (χ2v) is 3.70. The lowest BCUT2D eigenvalue weighted by atomic mass is 10.2. The molecule has 19 heavy (non-hydrogen) atoms. The zero-order chi connectivity index (χ0) is 14.0. The normalized spacial score (nSPS) is 10.4. The molecule has 0 radical (unpaired) electrons. The van der Waals surface area contributed by atoms with Crippen LogP contribution in [-0.4, -0.2) is 30.5 Å². The van der Waals surface area contributed by atoms with Crippen molar-refractivity contribution in [3.8, 4) is 5.82 Å². The van der Waals surface area contributed by atoms with Crippen LogP contribution in [0, 0.1) is 10.1 Å². The minimum atomic E-state index is -1.26. The van der Waals surface area contributed by atoms with Crippen LogP contribution in [0.25, 0.3) is 5.82 Å². The molecule has 2 aromatic heterocycles. The molecule has 0 aliphatic rings. The Balaban J connectivity index is 2.63. The first-order chi connectivity index (χ1) is 9.04. The molecule has 8 heteroatoms. The smallest absolute Gasteiger partial charge is 0.337 e. The molecule has 0 aliphatic heterocycles. The molecule has 1 N–H and O–H groups in total. The van der Waals surface area contributed by atoms with E-state index < -0.39 is 10.9 Å². The average molecular weight is 262 g/mol. The van der Waals surface area contributed by atoms with Crippen LogP contribution in [0.15, 0.2) is 24.7 Å². The van der Waals surface area contributed by atoms with Gasteiger partial charge in [0.25, 0.3) is 0 Å². The first kappa shape index (κ1) is 12.7. The van der Waals surface area contributed by atoms with Crippen molar-refractivity contribution < 1.29 is 14.8 Å². The SMILES string of the molecule is CCc1nccn1-c1ncc(C(=O)O)cc1[N+](=O)[O-]. The summed E-state index contributed by atoms with van der Waals surface area (Å²) in [6, 6.07) is 0.990. The van der Waals surface area contributed by atoms with Crippen LogP contribution in [0.5, 0.6) is 0 Å². The highest BCUT2D eigenvalue weighted by Gasteiger charge is 2.21. The first-order valence-electron chi connectivity index (χ1n) is 5.45. The van der Waals surface area contributed by atoms with E-state index in [1.807, 2.05) is 6.92 Å². The van der Waals surface area contributed by atoms with Gasteiger partial charge in [-0.15, -0.1) is 0 Å². The van der Waals surface area contributed by atoms with Gasteiger partial charge < -0.3 is 5.11 Å². The molecule has 0 saturated carbocycles. The summed E-state index contributed by atoms with van der Waals surface area (Å²) in [5.74, 6) is -0.591. The van der Waals surface area contributed by atoms with Crippen molar-refractivity contribution in [2.45, 2.75) is 13.3 Å². The van der Waals surface area contributed by atoms with Gasteiger partial charge in [0.05, 0.1) is 10.5 Å². The quantitative estimate of drug-likeness (QED) is 0.659. The van der Waals surface area contributed by atoms with E-state index in [-0.39, 0.29) is 17.1 Å². The second kappa shape index (κ2) is 4.84. The summed E-state index contributed by atoms with van der Waals surface area (Å²) in [6.45, 7) is 1.86. The van der Waals surface area contributed by atoms with E-state index in [9.17, 15) is 14.9 Å². The molecule has 8 nitrogen and oxygen atoms in total. The number of carboxylic acid groups (broad SMARTS) is 1. The molecule has 0 spiro atoms. The number of pyridine rings is 1. The van der Waals surface area contributed by atoms with Crippen molar-refractivity contribution >= 4 is 11.7 Å². The number of aromatic nitrogens is 3. The van der Waals surface area contributed by atoms with E-state index in [1.165, 1.54) is 10.8 Å². The maximum absolute atomic E-state index is 11.0. The minimum Gasteiger partial charge on any atom is -0.478 e. The lowest BCUT2D eigenvalue weighted by Gasteiger charge is -2.06. The molecule has 0 unspecified atom stereocenters. The largest absolute Gasteiger partial charge is 0.478 e. The number of aromatic carboxylic acids is 1. The summed E-state index contributed by atoms with van der Waals surface area (Å²) in [4.78, 5) is 29.1. The van der Waals surface area contributed by atoms with E-state index in [4.69, 9.17) is 5.11 Å². The number of aryl methyl sites for hydroxylation is 1. The van der Waals surface area contributed by atoms with Gasteiger partial charge in [0.2, 0.25) is 5.82 Å². The molecule has 0 saturated heterocycles. The molecule has 2 rings (SSSR count). The number of rotatable bonds is 4. The van der Waals surface area contributed by atoms with Crippen molar-refractivity contribution in [3.63, 3.8) is 0 Å². The predicted molar refractivity (Wildman–Crippen MR) is 64.4 cm³/mol. The van der Waals surface area contributed by atoms with Crippen LogP contribution in [0.3, 0.4) is 0 Å².